The average molecular weight is 279 g/mol. The van der Waals surface area contributed by atoms with Crippen molar-refractivity contribution >= 4 is 26.8 Å². The minimum absolute atomic E-state index is 0.0405. The normalized spacial score (nSPS) is 12.3. The number of rotatable bonds is 0. The fourth-order valence-corrected chi connectivity index (χ4v) is 2.38. The fraction of sp³-hybridized carbons (Fsp3) is 0.222. The van der Waals surface area contributed by atoms with Gasteiger partial charge in [-0.3, -0.25) is 5.10 Å². The zero-order valence-electron chi connectivity index (χ0n) is 7.61. The van der Waals surface area contributed by atoms with E-state index in [4.69, 9.17) is 0 Å². The maximum atomic E-state index is 12.7. The van der Waals surface area contributed by atoms with Gasteiger partial charge in [-0.05, 0) is 34.5 Å². The van der Waals surface area contributed by atoms with Crippen LogP contribution in [-0.2, 0) is 6.18 Å². The summed E-state index contributed by atoms with van der Waals surface area (Å²) < 4.78 is 38.1. The Labute approximate surface area is 91.6 Å². The summed E-state index contributed by atoms with van der Waals surface area (Å²) >= 11 is 2.97. The fourth-order valence-electron chi connectivity index (χ4n) is 1.53. The predicted molar refractivity (Wildman–Crippen MR) is 53.5 cm³/mol. The minimum Gasteiger partial charge on any atom is -0.278 e. The highest BCUT2D eigenvalue weighted by molar-refractivity contribution is 9.10. The minimum atomic E-state index is -4.35. The van der Waals surface area contributed by atoms with E-state index in [-0.39, 0.29) is 10.0 Å². The second kappa shape index (κ2) is 3.23. The topological polar surface area (TPSA) is 28.7 Å². The van der Waals surface area contributed by atoms with Crippen LogP contribution in [0, 0.1) is 6.92 Å². The molecule has 0 spiro atoms. The highest BCUT2D eigenvalue weighted by Gasteiger charge is 2.35. The smallest absolute Gasteiger partial charge is 0.278 e. The Hall–Kier alpha value is -1.04. The van der Waals surface area contributed by atoms with Gasteiger partial charge in [-0.2, -0.15) is 18.3 Å². The Balaban J connectivity index is 2.84. The van der Waals surface area contributed by atoms with E-state index < -0.39 is 11.7 Å². The lowest BCUT2D eigenvalue weighted by atomic mass is 10.1. The third kappa shape index (κ3) is 1.62. The van der Waals surface area contributed by atoms with Crippen molar-refractivity contribution in [3.8, 4) is 0 Å². The molecule has 1 aromatic heterocycles. The van der Waals surface area contributed by atoms with E-state index in [9.17, 15) is 13.2 Å². The van der Waals surface area contributed by atoms with Crippen LogP contribution in [0.5, 0.6) is 0 Å². The molecule has 0 aliphatic rings. The first-order valence-corrected chi connectivity index (χ1v) is 4.90. The summed E-state index contributed by atoms with van der Waals surface area (Å²) in [7, 11) is 0. The Bertz CT molecular complexity index is 516. The highest BCUT2D eigenvalue weighted by atomic mass is 79.9. The van der Waals surface area contributed by atoms with E-state index in [0.29, 0.717) is 10.9 Å². The number of nitrogens with one attached hydrogen (secondary N) is 1. The molecule has 0 fully saturated rings. The van der Waals surface area contributed by atoms with E-state index in [0.717, 1.165) is 0 Å². The summed E-state index contributed by atoms with van der Waals surface area (Å²) in [6.07, 6.45) is -2.98. The van der Waals surface area contributed by atoms with Crippen molar-refractivity contribution in [1.82, 2.24) is 10.2 Å². The first kappa shape index (κ1) is 10.5. The molecule has 0 aliphatic heterocycles. The van der Waals surface area contributed by atoms with Crippen LogP contribution in [0.25, 0.3) is 10.9 Å². The number of H-pyrrole nitrogens is 1. The number of aryl methyl sites for hydroxylation is 1. The van der Waals surface area contributed by atoms with E-state index in [1.807, 2.05) is 0 Å². The van der Waals surface area contributed by atoms with Gasteiger partial charge in [-0.1, -0.05) is 0 Å². The zero-order valence-corrected chi connectivity index (χ0v) is 9.20. The Morgan fingerprint density at radius 2 is 2.07 bits per heavy atom. The number of fused-ring (bicyclic) bond motifs is 1. The molecular formula is C9H6BrF3N2. The van der Waals surface area contributed by atoms with Gasteiger partial charge in [-0.15, -0.1) is 0 Å². The standard InChI is InChI=1S/C9H6BrF3N2/c1-4-2-6-5(3-14-15-6)8(10)7(4)9(11,12)13/h2-3H,1H3,(H,14,15). The lowest BCUT2D eigenvalue weighted by molar-refractivity contribution is -0.138. The molecule has 2 aromatic rings. The van der Waals surface area contributed by atoms with Crippen LogP contribution in [-0.4, -0.2) is 10.2 Å². The summed E-state index contributed by atoms with van der Waals surface area (Å²) in [5.41, 5.74) is 0.120. The van der Waals surface area contributed by atoms with Crippen molar-refractivity contribution in [3.05, 3.63) is 27.9 Å². The number of halogens is 4. The van der Waals surface area contributed by atoms with Gasteiger partial charge < -0.3 is 0 Å². The van der Waals surface area contributed by atoms with Gasteiger partial charge in [0.1, 0.15) is 0 Å². The summed E-state index contributed by atoms with van der Waals surface area (Å²) in [6, 6.07) is 1.44. The summed E-state index contributed by atoms with van der Waals surface area (Å²) in [6.45, 7) is 1.42. The third-order valence-corrected chi connectivity index (χ3v) is 2.99. The molecule has 0 saturated carbocycles. The molecular weight excluding hydrogens is 273 g/mol. The molecule has 6 heteroatoms. The van der Waals surface area contributed by atoms with E-state index >= 15 is 0 Å². The first-order chi connectivity index (χ1) is 6.91. The molecule has 0 aliphatic carbocycles. The highest BCUT2D eigenvalue weighted by Crippen LogP contribution is 2.40. The van der Waals surface area contributed by atoms with Gasteiger partial charge in [0.25, 0.3) is 0 Å². The molecule has 0 radical (unpaired) electrons. The second-order valence-corrected chi connectivity index (χ2v) is 4.00. The number of hydrogen-bond acceptors (Lipinski definition) is 1. The number of nitrogens with zero attached hydrogens (tertiary/aromatic N) is 1. The first-order valence-electron chi connectivity index (χ1n) is 4.10. The van der Waals surface area contributed by atoms with Crippen molar-refractivity contribution in [2.24, 2.45) is 0 Å². The van der Waals surface area contributed by atoms with Crippen LogP contribution in [0.2, 0.25) is 0 Å². The van der Waals surface area contributed by atoms with Crippen LogP contribution in [0.4, 0.5) is 13.2 Å². The maximum Gasteiger partial charge on any atom is 0.417 e. The molecule has 0 atom stereocenters. The number of aromatic amines is 1. The van der Waals surface area contributed by atoms with Gasteiger partial charge >= 0.3 is 6.18 Å². The monoisotopic (exact) mass is 278 g/mol. The van der Waals surface area contributed by atoms with Crippen molar-refractivity contribution in [1.29, 1.82) is 0 Å². The van der Waals surface area contributed by atoms with Gasteiger partial charge in [-0.25, -0.2) is 0 Å². The quantitative estimate of drug-likeness (QED) is 0.783. The largest absolute Gasteiger partial charge is 0.417 e. The van der Waals surface area contributed by atoms with Gasteiger partial charge in [0, 0.05) is 9.86 Å². The van der Waals surface area contributed by atoms with Crippen LogP contribution in [0.1, 0.15) is 11.1 Å². The van der Waals surface area contributed by atoms with E-state index in [1.54, 1.807) is 0 Å². The SMILES string of the molecule is Cc1cc2[nH]ncc2c(Br)c1C(F)(F)F. The molecule has 0 unspecified atom stereocenters. The Morgan fingerprint density at radius 3 is 2.67 bits per heavy atom. The number of aromatic nitrogens is 2. The lowest BCUT2D eigenvalue weighted by Crippen LogP contribution is -2.08. The molecule has 2 nitrogen and oxygen atoms in total. The summed E-state index contributed by atoms with van der Waals surface area (Å²) in [5.74, 6) is 0. The van der Waals surface area contributed by atoms with Crippen LogP contribution < -0.4 is 0 Å². The van der Waals surface area contributed by atoms with Crippen LogP contribution in [0.3, 0.4) is 0 Å². The number of hydrogen-bond donors (Lipinski definition) is 1. The Morgan fingerprint density at radius 1 is 1.40 bits per heavy atom. The molecule has 80 valence electrons. The van der Waals surface area contributed by atoms with Crippen LogP contribution >= 0.6 is 15.9 Å². The van der Waals surface area contributed by atoms with E-state index in [2.05, 4.69) is 26.1 Å². The van der Waals surface area contributed by atoms with Crippen molar-refractivity contribution < 1.29 is 13.2 Å². The molecule has 0 amide bonds. The number of benzene rings is 1. The molecule has 1 aromatic carbocycles. The predicted octanol–water partition coefficient (Wildman–Crippen LogP) is 3.65. The number of alkyl halides is 3. The van der Waals surface area contributed by atoms with E-state index in [1.165, 1.54) is 19.2 Å². The molecule has 2 rings (SSSR count). The van der Waals surface area contributed by atoms with Crippen molar-refractivity contribution in [2.45, 2.75) is 13.1 Å². The van der Waals surface area contributed by atoms with Crippen LogP contribution in [0.15, 0.2) is 16.7 Å². The van der Waals surface area contributed by atoms with Crippen molar-refractivity contribution in [3.63, 3.8) is 0 Å². The second-order valence-electron chi connectivity index (χ2n) is 3.21. The average Bonchev–Trinajstić information content (AvgIpc) is 2.48. The molecule has 1 N–H and O–H groups in total. The summed E-state index contributed by atoms with van der Waals surface area (Å²) in [5, 5.41) is 6.77. The maximum absolute atomic E-state index is 12.7. The molecule has 15 heavy (non-hydrogen) atoms. The lowest BCUT2D eigenvalue weighted by Gasteiger charge is -2.12. The molecule has 1 heterocycles. The van der Waals surface area contributed by atoms with Crippen molar-refractivity contribution in [2.75, 3.05) is 0 Å². The van der Waals surface area contributed by atoms with Gasteiger partial charge in [0.15, 0.2) is 0 Å². The molecule has 0 saturated heterocycles. The van der Waals surface area contributed by atoms with Gasteiger partial charge in [0.2, 0.25) is 0 Å². The Kier molecular flexibility index (Phi) is 2.26. The third-order valence-electron chi connectivity index (χ3n) is 2.16. The molecule has 0 bridgehead atoms. The summed E-state index contributed by atoms with van der Waals surface area (Å²) in [4.78, 5) is 0. The van der Waals surface area contributed by atoms with Gasteiger partial charge in [0.05, 0.1) is 17.3 Å². The zero-order chi connectivity index (χ0) is 11.2.